The van der Waals surface area contributed by atoms with Gasteiger partial charge in [0.2, 0.25) is 0 Å². The van der Waals surface area contributed by atoms with Crippen molar-refractivity contribution in [2.24, 2.45) is 0 Å². The van der Waals surface area contributed by atoms with Crippen molar-refractivity contribution in [2.75, 3.05) is 49.1 Å². The first-order valence-corrected chi connectivity index (χ1v) is 11.7. The summed E-state index contributed by atoms with van der Waals surface area (Å²) < 4.78 is 20.4. The van der Waals surface area contributed by atoms with Crippen molar-refractivity contribution in [3.8, 4) is 0 Å². The van der Waals surface area contributed by atoms with Crippen molar-refractivity contribution >= 4 is 28.8 Å². The highest BCUT2D eigenvalue weighted by Crippen LogP contribution is 2.30. The van der Waals surface area contributed by atoms with E-state index in [0.29, 0.717) is 56.2 Å². The summed E-state index contributed by atoms with van der Waals surface area (Å²) in [5.41, 5.74) is 1.49. The number of Topliss-reactive ketones (excluding diaryl/α,β-unsaturated/α-hetero) is 1. The van der Waals surface area contributed by atoms with Crippen LogP contribution < -0.4 is 9.80 Å². The standard InChI is InChI=1S/C25H29FN4O5/c1-16-14-29(15-17(2)35-16)23-7-5-20(30(33)34)13-21(23)25(32)28-10-8-27(9-11-28)24-6-4-19(18(3)31)12-22(24)26/h4-7,12-13,16-17H,8-11,14-15H2,1-3H3. The molecule has 0 radical (unpaired) electrons. The number of ether oxygens (including phenoxy) is 1. The molecule has 2 aliphatic rings. The van der Waals surface area contributed by atoms with E-state index in [1.165, 1.54) is 25.1 Å². The van der Waals surface area contributed by atoms with E-state index in [2.05, 4.69) is 0 Å². The zero-order valence-electron chi connectivity index (χ0n) is 20.1. The number of nitrogens with zero attached hydrogens (tertiary/aromatic N) is 4. The van der Waals surface area contributed by atoms with Crippen LogP contribution >= 0.6 is 0 Å². The molecule has 0 aliphatic carbocycles. The van der Waals surface area contributed by atoms with E-state index >= 15 is 0 Å². The van der Waals surface area contributed by atoms with Crippen LogP contribution in [0.5, 0.6) is 0 Å². The average molecular weight is 485 g/mol. The topological polar surface area (TPSA) is 96.2 Å². The minimum Gasteiger partial charge on any atom is -0.372 e. The monoisotopic (exact) mass is 484 g/mol. The van der Waals surface area contributed by atoms with Gasteiger partial charge in [0.25, 0.3) is 11.6 Å². The largest absolute Gasteiger partial charge is 0.372 e. The summed E-state index contributed by atoms with van der Waals surface area (Å²) in [5.74, 6) is -0.973. The Labute approximate surface area is 203 Å². The number of amides is 1. The fraction of sp³-hybridized carbons (Fsp3) is 0.440. The number of morpholine rings is 1. The lowest BCUT2D eigenvalue weighted by atomic mass is 10.1. The maximum absolute atomic E-state index is 14.6. The van der Waals surface area contributed by atoms with Crippen LogP contribution in [0.25, 0.3) is 0 Å². The molecule has 2 unspecified atom stereocenters. The molecule has 0 aromatic heterocycles. The zero-order chi connectivity index (χ0) is 25.3. The Morgan fingerprint density at radius 3 is 2.17 bits per heavy atom. The number of hydrogen-bond donors (Lipinski definition) is 0. The van der Waals surface area contributed by atoms with Crippen LogP contribution in [0.15, 0.2) is 36.4 Å². The fourth-order valence-corrected chi connectivity index (χ4v) is 4.76. The molecule has 186 valence electrons. The molecule has 2 heterocycles. The molecular weight excluding hydrogens is 455 g/mol. The third-order valence-electron chi connectivity index (χ3n) is 6.44. The number of nitro benzene ring substituents is 1. The van der Waals surface area contributed by atoms with Gasteiger partial charge >= 0.3 is 0 Å². The predicted octanol–water partition coefficient (Wildman–Crippen LogP) is 3.51. The molecule has 35 heavy (non-hydrogen) atoms. The van der Waals surface area contributed by atoms with Crippen molar-refractivity contribution in [3.63, 3.8) is 0 Å². The van der Waals surface area contributed by atoms with E-state index in [1.807, 2.05) is 23.6 Å². The molecule has 2 aromatic rings. The number of carbonyl (C=O) groups excluding carboxylic acids is 2. The number of piperazine rings is 1. The van der Waals surface area contributed by atoms with Crippen LogP contribution in [-0.2, 0) is 4.74 Å². The van der Waals surface area contributed by atoms with E-state index in [0.717, 1.165) is 0 Å². The summed E-state index contributed by atoms with van der Waals surface area (Å²) in [6, 6.07) is 8.81. The maximum atomic E-state index is 14.6. The Morgan fingerprint density at radius 2 is 1.60 bits per heavy atom. The summed E-state index contributed by atoms with van der Waals surface area (Å²) in [6.45, 7) is 7.93. The molecule has 1 amide bonds. The number of hydrogen-bond acceptors (Lipinski definition) is 7. The molecule has 0 bridgehead atoms. The van der Waals surface area contributed by atoms with Crippen LogP contribution in [-0.4, -0.2) is 73.0 Å². The average Bonchev–Trinajstić information content (AvgIpc) is 2.82. The van der Waals surface area contributed by atoms with E-state index < -0.39 is 10.7 Å². The lowest BCUT2D eigenvalue weighted by Crippen LogP contribution is -2.50. The van der Waals surface area contributed by atoms with Gasteiger partial charge in [-0.15, -0.1) is 0 Å². The van der Waals surface area contributed by atoms with Crippen LogP contribution in [0.3, 0.4) is 0 Å². The number of nitro groups is 1. The van der Waals surface area contributed by atoms with Gasteiger partial charge in [-0.05, 0) is 45.0 Å². The minimum atomic E-state index is -0.503. The first-order valence-electron chi connectivity index (χ1n) is 11.7. The third kappa shape index (κ3) is 5.27. The van der Waals surface area contributed by atoms with Crippen LogP contribution in [0.1, 0.15) is 41.5 Å². The molecule has 0 N–H and O–H groups in total. The third-order valence-corrected chi connectivity index (χ3v) is 6.44. The van der Waals surface area contributed by atoms with Crippen molar-refractivity contribution in [3.05, 3.63) is 63.5 Å². The number of halogens is 1. The number of non-ortho nitro benzene ring substituents is 1. The van der Waals surface area contributed by atoms with Gasteiger partial charge < -0.3 is 19.4 Å². The second kappa shape index (κ2) is 9.99. The predicted molar refractivity (Wildman–Crippen MR) is 130 cm³/mol. The Balaban J connectivity index is 1.54. The highest BCUT2D eigenvalue weighted by Gasteiger charge is 2.30. The molecule has 4 rings (SSSR count). The quantitative estimate of drug-likeness (QED) is 0.364. The van der Waals surface area contributed by atoms with E-state index in [9.17, 15) is 24.1 Å². The summed E-state index contributed by atoms with van der Waals surface area (Å²) in [4.78, 5) is 41.5. The van der Waals surface area contributed by atoms with Gasteiger partial charge in [-0.2, -0.15) is 0 Å². The van der Waals surface area contributed by atoms with Gasteiger partial charge in [-0.1, -0.05) is 0 Å². The fourth-order valence-electron chi connectivity index (χ4n) is 4.76. The Bertz CT molecular complexity index is 1140. The Kier molecular flexibility index (Phi) is 7.02. The zero-order valence-corrected chi connectivity index (χ0v) is 20.1. The lowest BCUT2D eigenvalue weighted by Gasteiger charge is -2.39. The molecule has 2 saturated heterocycles. The van der Waals surface area contributed by atoms with Gasteiger partial charge in [0.1, 0.15) is 5.82 Å². The van der Waals surface area contributed by atoms with Gasteiger partial charge in [0.15, 0.2) is 5.78 Å². The summed E-state index contributed by atoms with van der Waals surface area (Å²) in [5, 5.41) is 11.4. The van der Waals surface area contributed by atoms with Crippen molar-refractivity contribution < 1.29 is 23.6 Å². The minimum absolute atomic E-state index is 0.0373. The molecule has 2 fully saturated rings. The van der Waals surface area contributed by atoms with Crippen LogP contribution in [0.2, 0.25) is 0 Å². The maximum Gasteiger partial charge on any atom is 0.270 e. The first kappa shape index (κ1) is 24.6. The van der Waals surface area contributed by atoms with Gasteiger partial charge in [0, 0.05) is 57.0 Å². The van der Waals surface area contributed by atoms with Crippen molar-refractivity contribution in [1.82, 2.24) is 4.90 Å². The number of anilines is 2. The molecule has 0 saturated carbocycles. The van der Waals surface area contributed by atoms with E-state index in [1.54, 1.807) is 23.1 Å². The van der Waals surface area contributed by atoms with E-state index in [4.69, 9.17) is 4.74 Å². The van der Waals surface area contributed by atoms with E-state index in [-0.39, 0.29) is 35.1 Å². The summed E-state index contributed by atoms with van der Waals surface area (Å²) >= 11 is 0. The Hall–Kier alpha value is -3.53. The summed E-state index contributed by atoms with van der Waals surface area (Å²) in [6.07, 6.45) is -0.0746. The summed E-state index contributed by atoms with van der Waals surface area (Å²) in [7, 11) is 0. The number of rotatable bonds is 5. The molecular formula is C25H29FN4O5. The molecule has 2 aliphatic heterocycles. The SMILES string of the molecule is CC(=O)c1ccc(N2CCN(C(=O)c3cc([N+](=O)[O-])ccc3N3CC(C)OC(C)C3)CC2)c(F)c1. The highest BCUT2D eigenvalue weighted by molar-refractivity contribution is 6.00. The second-order valence-corrected chi connectivity index (χ2v) is 9.12. The van der Waals surface area contributed by atoms with Crippen molar-refractivity contribution in [2.45, 2.75) is 33.0 Å². The van der Waals surface area contributed by atoms with Crippen molar-refractivity contribution in [1.29, 1.82) is 0 Å². The smallest absolute Gasteiger partial charge is 0.270 e. The number of ketones is 1. The number of benzene rings is 2. The molecule has 0 spiro atoms. The highest BCUT2D eigenvalue weighted by atomic mass is 19.1. The van der Waals surface area contributed by atoms with Gasteiger partial charge in [-0.25, -0.2) is 4.39 Å². The first-order chi connectivity index (χ1) is 16.6. The lowest BCUT2D eigenvalue weighted by molar-refractivity contribution is -0.384. The van der Waals surface area contributed by atoms with Crippen LogP contribution in [0.4, 0.5) is 21.5 Å². The normalized spacial score (nSPS) is 20.6. The van der Waals surface area contributed by atoms with Gasteiger partial charge in [-0.3, -0.25) is 19.7 Å². The molecule has 2 atom stereocenters. The second-order valence-electron chi connectivity index (χ2n) is 9.12. The molecule has 10 heteroatoms. The Morgan fingerprint density at radius 1 is 0.971 bits per heavy atom. The molecule has 2 aromatic carbocycles. The van der Waals surface area contributed by atoms with Crippen LogP contribution in [0, 0.1) is 15.9 Å². The molecule has 9 nitrogen and oxygen atoms in total. The number of carbonyl (C=O) groups is 2. The van der Waals surface area contributed by atoms with Gasteiger partial charge in [0.05, 0.1) is 34.1 Å².